The summed E-state index contributed by atoms with van der Waals surface area (Å²) in [5.74, 6) is -0.132. The predicted octanol–water partition coefficient (Wildman–Crippen LogP) is 0.542. The molecule has 3 saturated heterocycles. The van der Waals surface area contributed by atoms with Crippen molar-refractivity contribution >= 4 is 73.2 Å². The summed E-state index contributed by atoms with van der Waals surface area (Å²) in [5.41, 5.74) is 7.50. The number of nitrogens with one attached hydrogen (secondary N) is 1. The van der Waals surface area contributed by atoms with E-state index in [1.54, 1.807) is 6.07 Å². The smallest absolute Gasteiger partial charge is 0.325 e. The fourth-order valence-corrected chi connectivity index (χ4v) is 8.64. The number of hydrogen-bond donors (Lipinski definition) is 4. The third-order valence-corrected chi connectivity index (χ3v) is 11.0. The van der Waals surface area contributed by atoms with Crippen LogP contribution in [0.3, 0.4) is 0 Å². The van der Waals surface area contributed by atoms with Crippen LogP contribution >= 0.6 is 14.2 Å². The molecule has 8 heterocycles. The molecule has 0 aromatic carbocycles. The summed E-state index contributed by atoms with van der Waals surface area (Å²) in [6.07, 6.45) is -7.68. The number of imidazole rings is 1. The summed E-state index contributed by atoms with van der Waals surface area (Å²) in [7, 11) is 1.42. The molecule has 4 aliphatic heterocycles. The zero-order valence-corrected chi connectivity index (χ0v) is 27.0. The van der Waals surface area contributed by atoms with Crippen LogP contribution in [0.4, 0.5) is 15.9 Å². The van der Waals surface area contributed by atoms with E-state index in [-0.39, 0.29) is 35.0 Å². The van der Waals surface area contributed by atoms with Crippen molar-refractivity contribution in [2.75, 3.05) is 24.3 Å². The van der Waals surface area contributed by atoms with E-state index in [9.17, 15) is 19.4 Å². The molecule has 19 nitrogen and oxygen atoms in total. The van der Waals surface area contributed by atoms with Crippen LogP contribution in [-0.2, 0) is 55.2 Å². The number of aliphatic hydroxyl groups is 1. The maximum atomic E-state index is 16.1. The molecule has 48 heavy (non-hydrogen) atoms. The molecule has 10 atom stereocenters. The molecule has 24 heteroatoms. The van der Waals surface area contributed by atoms with Crippen molar-refractivity contribution in [3.8, 4) is 0 Å². The minimum Gasteiger partial charge on any atom is -0.385 e. The van der Waals surface area contributed by atoms with E-state index in [0.29, 0.717) is 23.2 Å². The third kappa shape index (κ3) is 5.54. The van der Waals surface area contributed by atoms with Gasteiger partial charge in [0.15, 0.2) is 35.7 Å². The summed E-state index contributed by atoms with van der Waals surface area (Å²) in [4.78, 5) is 39.7. The SMILES string of the molecule is [B]P1(=O)OC[C@H]2O[C@@H](n3cnc4c(N)ncnc43)C(F)[C@H]2OP(O)(=S)OC[C@H]2O[C@@H](n3nc4c5c(ccnc53)NC(=O)CC4)[C@@H](O)C2O1. The summed E-state index contributed by atoms with van der Waals surface area (Å²) in [5, 5.41) is 19.4. The van der Waals surface area contributed by atoms with Crippen molar-refractivity contribution in [2.45, 2.75) is 62.0 Å². The summed E-state index contributed by atoms with van der Waals surface area (Å²) >= 11 is 5.22. The van der Waals surface area contributed by atoms with E-state index >= 15 is 4.39 Å². The minimum atomic E-state index is -4.53. The van der Waals surface area contributed by atoms with Gasteiger partial charge in [-0.3, -0.25) is 18.5 Å². The second kappa shape index (κ2) is 11.8. The van der Waals surface area contributed by atoms with Crippen LogP contribution in [0, 0.1) is 0 Å². The summed E-state index contributed by atoms with van der Waals surface area (Å²) in [6.45, 7) is -5.48. The number of ether oxygens (including phenoxy) is 2. The first-order valence-corrected chi connectivity index (χ1v) is 18.7. The molecule has 5 N–H and O–H groups in total. The minimum absolute atomic E-state index is 0.0563. The fraction of sp³-hybridized carbons (Fsp3) is 0.500. The predicted molar refractivity (Wildman–Crippen MR) is 164 cm³/mol. The van der Waals surface area contributed by atoms with E-state index in [0.717, 1.165) is 0 Å². The number of aliphatic hydroxyl groups excluding tert-OH is 1. The highest BCUT2D eigenvalue weighted by molar-refractivity contribution is 8.07. The second-order valence-corrected chi connectivity index (χ2v) is 15.7. The monoisotopic (exact) mass is 723 g/mol. The number of amides is 1. The Kier molecular flexibility index (Phi) is 7.92. The Morgan fingerprint density at radius 3 is 2.67 bits per heavy atom. The van der Waals surface area contributed by atoms with E-state index < -0.39 is 76.6 Å². The number of carbonyl (C=O) groups excluding carboxylic acids is 1. The van der Waals surface area contributed by atoms with Gasteiger partial charge in [0.25, 0.3) is 7.47 Å². The Morgan fingerprint density at radius 1 is 1.06 bits per heavy atom. The number of aromatic nitrogens is 7. The maximum absolute atomic E-state index is 16.1. The quantitative estimate of drug-likeness (QED) is 0.163. The van der Waals surface area contributed by atoms with Gasteiger partial charge in [0, 0.05) is 19.0 Å². The Morgan fingerprint density at radius 2 is 1.83 bits per heavy atom. The van der Waals surface area contributed by atoms with Crippen LogP contribution in [0.5, 0.6) is 0 Å². The lowest BCUT2D eigenvalue weighted by Gasteiger charge is -2.30. The van der Waals surface area contributed by atoms with Gasteiger partial charge in [-0.15, -0.1) is 0 Å². The van der Waals surface area contributed by atoms with Crippen molar-refractivity contribution in [2.24, 2.45) is 0 Å². The lowest BCUT2D eigenvalue weighted by molar-refractivity contribution is -0.116. The number of nitrogens with zero attached hydrogens (tertiary/aromatic N) is 7. The molecular weight excluding hydrogens is 698 g/mol. The van der Waals surface area contributed by atoms with Crippen molar-refractivity contribution in [3.05, 3.63) is 30.6 Å². The number of rotatable bonds is 2. The van der Waals surface area contributed by atoms with Gasteiger partial charge < -0.3 is 44.1 Å². The van der Waals surface area contributed by atoms with Gasteiger partial charge >= 0.3 is 6.72 Å². The average molecular weight is 723 g/mol. The summed E-state index contributed by atoms with van der Waals surface area (Å²) in [6, 6.07) is 1.62. The van der Waals surface area contributed by atoms with Gasteiger partial charge in [0.1, 0.15) is 42.4 Å². The Balaban J connectivity index is 1.08. The van der Waals surface area contributed by atoms with Crippen molar-refractivity contribution in [1.82, 2.24) is 34.3 Å². The van der Waals surface area contributed by atoms with Crippen molar-refractivity contribution in [1.29, 1.82) is 0 Å². The molecule has 4 aromatic rings. The topological polar surface area (TPSA) is 242 Å². The molecule has 252 valence electrons. The molecule has 2 radical (unpaired) electrons. The van der Waals surface area contributed by atoms with Gasteiger partial charge in [-0.1, -0.05) is 0 Å². The van der Waals surface area contributed by atoms with E-state index in [1.165, 1.54) is 28.1 Å². The van der Waals surface area contributed by atoms with Crippen LogP contribution in [0.1, 0.15) is 24.6 Å². The van der Waals surface area contributed by atoms with Crippen LogP contribution in [0.25, 0.3) is 22.2 Å². The van der Waals surface area contributed by atoms with Crippen molar-refractivity contribution < 1.29 is 51.3 Å². The zero-order valence-electron chi connectivity index (χ0n) is 24.4. The molecular formula is C24H25BFN9O10P2S. The molecule has 8 rings (SSSR count). The van der Waals surface area contributed by atoms with Gasteiger partial charge in [-0.05, 0) is 17.9 Å². The number of nitrogens with two attached hydrogens (primary N) is 1. The Hall–Kier alpha value is -3.01. The molecule has 0 spiro atoms. The van der Waals surface area contributed by atoms with Gasteiger partial charge in [-0.25, -0.2) is 29.0 Å². The molecule has 0 bridgehead atoms. The first-order valence-electron chi connectivity index (χ1n) is 14.5. The number of carbonyl (C=O) groups is 1. The van der Waals surface area contributed by atoms with Crippen LogP contribution in [0.2, 0.25) is 0 Å². The van der Waals surface area contributed by atoms with Crippen LogP contribution in [-0.4, -0.2) is 108 Å². The number of aryl methyl sites for hydroxylation is 1. The molecule has 4 aliphatic rings. The van der Waals surface area contributed by atoms with Crippen LogP contribution < -0.4 is 11.1 Å². The van der Waals surface area contributed by atoms with E-state index in [1.807, 2.05) is 0 Å². The highest BCUT2D eigenvalue weighted by Gasteiger charge is 2.53. The number of halogens is 1. The highest BCUT2D eigenvalue weighted by Crippen LogP contribution is 2.54. The second-order valence-electron chi connectivity index (χ2n) is 11.4. The van der Waals surface area contributed by atoms with Crippen molar-refractivity contribution in [3.63, 3.8) is 0 Å². The number of alkyl halides is 1. The standard InChI is InChI=1S/C24H25BFN9O10P2S/c25-46(38)40-5-11-18(15(26)23(42-11)34-8-31-16-20(27)29-7-30-22(16)34)45-47(39,48)41-6-12-19(44-46)17(37)24(43-12)35-21-14-9(3-4-28-21)32-13(36)2-1-10(14)33-35/h3-4,7-8,11-12,15,17-19,23-24,37H,1-2,5-6H2,(H,32,36)(H,39,48)(H2,27,29,30)/t11-,12-,15?,17+,18+,19?,23-,24-,46?,47?/m1/s1. The third-order valence-electron chi connectivity index (χ3n) is 8.35. The molecule has 0 saturated carbocycles. The highest BCUT2D eigenvalue weighted by atomic mass is 32.5. The molecule has 4 aromatic heterocycles. The number of fused-ring (bicyclic) bond motifs is 3. The Labute approximate surface area is 275 Å². The molecule has 0 aliphatic carbocycles. The number of pyridine rings is 1. The first kappa shape index (κ1) is 32.2. The normalized spacial score (nSPS) is 37.4. The zero-order chi connectivity index (χ0) is 33.5. The number of hydrogen-bond acceptors (Lipinski definition) is 16. The molecule has 1 amide bonds. The average Bonchev–Trinajstić information content (AvgIpc) is 3.75. The number of nitrogen functional groups attached to an aromatic ring is 1. The van der Waals surface area contributed by atoms with Gasteiger partial charge in [0.05, 0.1) is 36.3 Å². The van der Waals surface area contributed by atoms with Crippen LogP contribution in [0.15, 0.2) is 24.9 Å². The van der Waals surface area contributed by atoms with Gasteiger partial charge in [0.2, 0.25) is 13.5 Å². The summed E-state index contributed by atoms with van der Waals surface area (Å²) < 4.78 is 66.3. The molecule has 3 fully saturated rings. The lowest BCUT2D eigenvalue weighted by Crippen LogP contribution is -2.38. The first-order chi connectivity index (χ1) is 22.9. The number of anilines is 2. The largest absolute Gasteiger partial charge is 0.385 e. The maximum Gasteiger partial charge on any atom is 0.325 e. The molecule has 4 unspecified atom stereocenters. The van der Waals surface area contributed by atoms with Gasteiger partial charge in [-0.2, -0.15) is 5.10 Å². The Bertz CT molecular complexity index is 2040. The van der Waals surface area contributed by atoms with E-state index in [4.69, 9.17) is 52.7 Å². The van der Waals surface area contributed by atoms with E-state index in [2.05, 4.69) is 30.4 Å². The lowest BCUT2D eigenvalue weighted by atomic mass is 10.1. The fourth-order valence-electron chi connectivity index (χ4n) is 6.19.